The molecule has 2 aromatic heterocycles. The van der Waals surface area contributed by atoms with E-state index < -0.39 is 0 Å². The van der Waals surface area contributed by atoms with Crippen LogP contribution in [0.25, 0.3) is 0 Å². The van der Waals surface area contributed by atoms with Gasteiger partial charge in [-0.15, -0.1) is 0 Å². The molecule has 0 atom stereocenters. The van der Waals surface area contributed by atoms with Crippen molar-refractivity contribution in [1.29, 1.82) is 0 Å². The molecule has 3 heterocycles. The average molecular weight is 290 g/mol. The second kappa shape index (κ2) is 6.32. The first-order valence-corrected chi connectivity index (χ1v) is 7.32. The number of anilines is 1. The lowest BCUT2D eigenvalue weighted by Gasteiger charge is -2.29. The van der Waals surface area contributed by atoms with E-state index >= 15 is 0 Å². The fraction of sp³-hybridized carbons (Fsp3) is 0.533. The lowest BCUT2D eigenvalue weighted by Crippen LogP contribution is -2.38. The summed E-state index contributed by atoms with van der Waals surface area (Å²) in [5, 5.41) is 8.04. The van der Waals surface area contributed by atoms with Gasteiger partial charge in [0.05, 0.1) is 31.4 Å². The van der Waals surface area contributed by atoms with E-state index in [9.17, 15) is 0 Å². The van der Waals surface area contributed by atoms with Crippen LogP contribution in [0.2, 0.25) is 0 Å². The Kier molecular flexibility index (Phi) is 4.26. The van der Waals surface area contributed by atoms with Crippen LogP contribution in [0.4, 0.5) is 5.82 Å². The van der Waals surface area contributed by atoms with Gasteiger partial charge in [0, 0.05) is 44.4 Å². The molecule has 114 valence electrons. The molecule has 1 aliphatic heterocycles. The van der Waals surface area contributed by atoms with Gasteiger partial charge in [-0.3, -0.25) is 4.68 Å². The molecule has 0 spiro atoms. The minimum absolute atomic E-state index is 0.784. The molecular weight excluding hydrogens is 268 g/mol. The van der Waals surface area contributed by atoms with E-state index in [4.69, 9.17) is 9.15 Å². The van der Waals surface area contributed by atoms with Crippen LogP contribution in [0.1, 0.15) is 16.8 Å². The van der Waals surface area contributed by atoms with Crippen LogP contribution in [-0.2, 0) is 24.9 Å². The van der Waals surface area contributed by atoms with Crippen LogP contribution in [0, 0.1) is 6.92 Å². The molecular formula is C15H22N4O2. The first-order chi connectivity index (χ1) is 10.3. The molecule has 0 amide bonds. The summed E-state index contributed by atoms with van der Waals surface area (Å²) in [6.45, 7) is 7.09. The zero-order valence-electron chi connectivity index (χ0n) is 12.6. The zero-order valence-corrected chi connectivity index (χ0v) is 12.6. The van der Waals surface area contributed by atoms with E-state index in [0.29, 0.717) is 0 Å². The van der Waals surface area contributed by atoms with Crippen molar-refractivity contribution in [2.24, 2.45) is 7.05 Å². The molecule has 0 saturated carbocycles. The van der Waals surface area contributed by atoms with Crippen molar-refractivity contribution in [1.82, 2.24) is 15.1 Å². The fourth-order valence-electron chi connectivity index (χ4n) is 2.79. The van der Waals surface area contributed by atoms with E-state index in [2.05, 4.69) is 22.2 Å². The minimum atomic E-state index is 0.784. The molecule has 21 heavy (non-hydrogen) atoms. The van der Waals surface area contributed by atoms with Gasteiger partial charge in [-0.2, -0.15) is 5.10 Å². The summed E-state index contributed by atoms with van der Waals surface area (Å²) in [5.41, 5.74) is 3.51. The maximum atomic E-state index is 5.44. The second-order valence-electron chi connectivity index (χ2n) is 5.35. The van der Waals surface area contributed by atoms with Gasteiger partial charge < -0.3 is 19.4 Å². The van der Waals surface area contributed by atoms with Gasteiger partial charge in [-0.25, -0.2) is 0 Å². The van der Waals surface area contributed by atoms with Crippen molar-refractivity contribution in [2.45, 2.75) is 20.0 Å². The Morgan fingerprint density at radius 2 is 2.10 bits per heavy atom. The Morgan fingerprint density at radius 1 is 1.29 bits per heavy atom. The highest BCUT2D eigenvalue weighted by atomic mass is 16.5. The van der Waals surface area contributed by atoms with Gasteiger partial charge in [0.1, 0.15) is 5.82 Å². The normalized spacial score (nSPS) is 15.6. The van der Waals surface area contributed by atoms with Crippen molar-refractivity contribution in [3.05, 3.63) is 35.4 Å². The first kappa shape index (κ1) is 14.2. The van der Waals surface area contributed by atoms with E-state index in [1.807, 2.05) is 17.8 Å². The van der Waals surface area contributed by atoms with Crippen LogP contribution in [0.3, 0.4) is 0 Å². The second-order valence-corrected chi connectivity index (χ2v) is 5.35. The number of furan rings is 1. The lowest BCUT2D eigenvalue weighted by atomic mass is 10.2. The highest BCUT2D eigenvalue weighted by molar-refractivity contribution is 5.50. The summed E-state index contributed by atoms with van der Waals surface area (Å²) in [6, 6.07) is 1.98. The zero-order chi connectivity index (χ0) is 14.7. The fourth-order valence-corrected chi connectivity index (χ4v) is 2.79. The van der Waals surface area contributed by atoms with Crippen molar-refractivity contribution in [3.8, 4) is 0 Å². The molecule has 1 saturated heterocycles. The van der Waals surface area contributed by atoms with Crippen molar-refractivity contribution < 1.29 is 9.15 Å². The van der Waals surface area contributed by atoms with E-state index in [1.54, 1.807) is 12.5 Å². The van der Waals surface area contributed by atoms with Gasteiger partial charge in [-0.1, -0.05) is 0 Å². The van der Waals surface area contributed by atoms with Gasteiger partial charge in [-0.05, 0) is 13.0 Å². The molecule has 3 rings (SSSR count). The van der Waals surface area contributed by atoms with Crippen molar-refractivity contribution >= 4 is 5.82 Å². The number of nitrogens with one attached hydrogen (secondary N) is 1. The maximum absolute atomic E-state index is 5.44. The quantitative estimate of drug-likeness (QED) is 0.903. The molecule has 0 radical (unpaired) electrons. The summed E-state index contributed by atoms with van der Waals surface area (Å²) in [6.07, 6.45) is 3.47. The summed E-state index contributed by atoms with van der Waals surface area (Å²) in [4.78, 5) is 2.36. The van der Waals surface area contributed by atoms with Crippen LogP contribution in [-0.4, -0.2) is 36.1 Å². The van der Waals surface area contributed by atoms with Gasteiger partial charge in [0.25, 0.3) is 0 Å². The van der Waals surface area contributed by atoms with Crippen LogP contribution < -0.4 is 10.2 Å². The average Bonchev–Trinajstić information content (AvgIpc) is 3.09. The number of morpholine rings is 1. The standard InChI is InChI=1S/C15H22N4O2/c1-12-14(10-16-9-13-3-6-21-11-13)15(18(2)17-12)19-4-7-20-8-5-19/h3,6,11,16H,4-5,7-10H2,1-2H3. The lowest BCUT2D eigenvalue weighted by molar-refractivity contribution is 0.122. The maximum Gasteiger partial charge on any atom is 0.131 e. The summed E-state index contributed by atoms with van der Waals surface area (Å²) >= 11 is 0. The largest absolute Gasteiger partial charge is 0.472 e. The third-order valence-electron chi connectivity index (χ3n) is 3.83. The Balaban J connectivity index is 1.71. The van der Waals surface area contributed by atoms with Crippen LogP contribution in [0.15, 0.2) is 23.0 Å². The van der Waals surface area contributed by atoms with Crippen molar-refractivity contribution in [3.63, 3.8) is 0 Å². The number of aromatic nitrogens is 2. The molecule has 6 nitrogen and oxygen atoms in total. The van der Waals surface area contributed by atoms with Crippen molar-refractivity contribution in [2.75, 3.05) is 31.2 Å². The summed E-state index contributed by atoms with van der Waals surface area (Å²) < 4.78 is 12.5. The van der Waals surface area contributed by atoms with Crippen LogP contribution >= 0.6 is 0 Å². The Morgan fingerprint density at radius 3 is 2.81 bits per heavy atom. The van der Waals surface area contributed by atoms with E-state index in [1.165, 1.54) is 11.4 Å². The molecule has 1 fully saturated rings. The topological polar surface area (TPSA) is 55.5 Å². The smallest absolute Gasteiger partial charge is 0.131 e. The molecule has 0 aromatic carbocycles. The number of ether oxygens (including phenoxy) is 1. The molecule has 6 heteroatoms. The third-order valence-corrected chi connectivity index (χ3v) is 3.83. The van der Waals surface area contributed by atoms with Crippen LogP contribution in [0.5, 0.6) is 0 Å². The number of nitrogens with zero attached hydrogens (tertiary/aromatic N) is 3. The number of rotatable bonds is 5. The molecule has 0 unspecified atom stereocenters. The van der Waals surface area contributed by atoms with Gasteiger partial charge in [0.2, 0.25) is 0 Å². The molecule has 0 bridgehead atoms. The Labute approximate surface area is 124 Å². The number of aryl methyl sites for hydroxylation is 2. The van der Waals surface area contributed by atoms with Gasteiger partial charge in [0.15, 0.2) is 0 Å². The Hall–Kier alpha value is -1.79. The molecule has 2 aromatic rings. The molecule has 1 aliphatic rings. The van der Waals surface area contributed by atoms with E-state index in [0.717, 1.165) is 50.7 Å². The number of hydrogen-bond donors (Lipinski definition) is 1. The Bertz CT molecular complexity index is 571. The third kappa shape index (κ3) is 3.11. The minimum Gasteiger partial charge on any atom is -0.472 e. The monoisotopic (exact) mass is 290 g/mol. The van der Waals surface area contributed by atoms with Gasteiger partial charge >= 0.3 is 0 Å². The number of hydrogen-bond acceptors (Lipinski definition) is 5. The van der Waals surface area contributed by atoms with E-state index in [-0.39, 0.29) is 0 Å². The summed E-state index contributed by atoms with van der Waals surface area (Å²) in [7, 11) is 2.01. The SMILES string of the molecule is Cc1nn(C)c(N2CCOCC2)c1CNCc1ccoc1. The predicted molar refractivity (Wildman–Crippen MR) is 80.2 cm³/mol. The molecule has 1 N–H and O–H groups in total. The first-order valence-electron chi connectivity index (χ1n) is 7.32. The highest BCUT2D eigenvalue weighted by Gasteiger charge is 2.20. The molecule has 0 aliphatic carbocycles. The predicted octanol–water partition coefficient (Wildman–Crippen LogP) is 1.45. The highest BCUT2D eigenvalue weighted by Crippen LogP contribution is 2.24. The summed E-state index contributed by atoms with van der Waals surface area (Å²) in [5.74, 6) is 1.20.